The Morgan fingerprint density at radius 1 is 1.42 bits per heavy atom. The van der Waals surface area contributed by atoms with Crippen molar-refractivity contribution in [2.45, 2.75) is 45.1 Å². The van der Waals surface area contributed by atoms with E-state index < -0.39 is 0 Å². The molecule has 0 aromatic carbocycles. The van der Waals surface area contributed by atoms with Crippen molar-refractivity contribution in [1.29, 1.82) is 5.41 Å². The average molecular weight is 168 g/mol. The van der Waals surface area contributed by atoms with E-state index in [1.54, 1.807) is 0 Å². The minimum atomic E-state index is 0.389. The third kappa shape index (κ3) is 2.94. The lowest BCUT2D eigenvalue weighted by Crippen LogP contribution is -2.21. The van der Waals surface area contributed by atoms with Gasteiger partial charge in [0.1, 0.15) is 0 Å². The van der Waals surface area contributed by atoms with Crippen LogP contribution in [0.4, 0.5) is 0 Å². The van der Waals surface area contributed by atoms with Crippen LogP contribution in [0.15, 0.2) is 0 Å². The minimum Gasteiger partial charge on any atom is -0.328 e. The van der Waals surface area contributed by atoms with E-state index in [9.17, 15) is 0 Å². The monoisotopic (exact) mass is 168 g/mol. The van der Waals surface area contributed by atoms with Crippen LogP contribution in [0.3, 0.4) is 0 Å². The highest BCUT2D eigenvalue weighted by Crippen LogP contribution is 2.28. The maximum Gasteiger partial charge on any atom is 0.00416 e. The Kier molecular flexibility index (Phi) is 3.73. The van der Waals surface area contributed by atoms with Crippen molar-refractivity contribution in [2.24, 2.45) is 17.6 Å². The van der Waals surface area contributed by atoms with Crippen molar-refractivity contribution in [1.82, 2.24) is 0 Å². The number of rotatable bonds is 2. The third-order valence-electron chi connectivity index (χ3n) is 2.85. The van der Waals surface area contributed by atoms with Crippen molar-refractivity contribution in [3.05, 3.63) is 0 Å². The Hall–Kier alpha value is -0.370. The molecule has 12 heavy (non-hydrogen) atoms. The minimum absolute atomic E-state index is 0.389. The van der Waals surface area contributed by atoms with Crippen LogP contribution < -0.4 is 5.73 Å². The summed E-state index contributed by atoms with van der Waals surface area (Å²) < 4.78 is 0. The largest absolute Gasteiger partial charge is 0.328 e. The quantitative estimate of drug-likeness (QED) is 0.482. The zero-order chi connectivity index (χ0) is 8.97. The Morgan fingerprint density at radius 3 is 2.83 bits per heavy atom. The molecular formula is C10H20N2. The maximum absolute atomic E-state index is 7.08. The van der Waals surface area contributed by atoms with Gasteiger partial charge in [-0.2, -0.15) is 0 Å². The summed E-state index contributed by atoms with van der Waals surface area (Å²) in [6, 6.07) is 0.389. The molecule has 0 saturated heterocycles. The lowest BCUT2D eigenvalue weighted by molar-refractivity contribution is 0.402. The summed E-state index contributed by atoms with van der Waals surface area (Å²) >= 11 is 0. The summed E-state index contributed by atoms with van der Waals surface area (Å²) in [7, 11) is 0. The highest BCUT2D eigenvalue weighted by Gasteiger charge is 2.20. The summed E-state index contributed by atoms with van der Waals surface area (Å²) in [5.41, 5.74) is 5.94. The molecule has 1 rings (SSSR count). The molecule has 0 aromatic rings. The molecule has 3 atom stereocenters. The SMILES string of the molecule is CC1CC[C@H](N)CC(CC=N)C1. The Balaban J connectivity index is 2.43. The van der Waals surface area contributed by atoms with Crippen molar-refractivity contribution in [3.8, 4) is 0 Å². The Labute approximate surface area is 75.0 Å². The molecule has 2 heteroatoms. The summed E-state index contributed by atoms with van der Waals surface area (Å²) in [6.07, 6.45) is 7.31. The van der Waals surface area contributed by atoms with Crippen molar-refractivity contribution >= 4 is 6.21 Å². The van der Waals surface area contributed by atoms with Gasteiger partial charge in [-0.1, -0.05) is 6.92 Å². The molecule has 0 spiro atoms. The number of nitrogens with two attached hydrogens (primary N) is 1. The number of hydrogen-bond acceptors (Lipinski definition) is 2. The molecule has 1 fully saturated rings. The van der Waals surface area contributed by atoms with Gasteiger partial charge in [0, 0.05) is 6.04 Å². The van der Waals surface area contributed by atoms with Crippen LogP contribution in [0.25, 0.3) is 0 Å². The first-order valence-electron chi connectivity index (χ1n) is 4.97. The van der Waals surface area contributed by atoms with Gasteiger partial charge in [0.15, 0.2) is 0 Å². The van der Waals surface area contributed by atoms with Crippen molar-refractivity contribution in [2.75, 3.05) is 0 Å². The van der Waals surface area contributed by atoms with E-state index in [0.29, 0.717) is 12.0 Å². The molecule has 2 unspecified atom stereocenters. The molecule has 0 aromatic heterocycles. The van der Waals surface area contributed by atoms with Crippen LogP contribution in [0.1, 0.15) is 39.0 Å². The fraction of sp³-hybridized carbons (Fsp3) is 0.900. The maximum atomic E-state index is 7.08. The highest BCUT2D eigenvalue weighted by atomic mass is 14.6. The zero-order valence-corrected chi connectivity index (χ0v) is 7.92. The Bertz CT molecular complexity index is 133. The fourth-order valence-electron chi connectivity index (χ4n) is 2.19. The van der Waals surface area contributed by atoms with E-state index in [-0.39, 0.29) is 0 Å². The normalized spacial score (nSPS) is 37.3. The van der Waals surface area contributed by atoms with Crippen LogP contribution in [-0.2, 0) is 0 Å². The van der Waals surface area contributed by atoms with E-state index >= 15 is 0 Å². The first kappa shape index (κ1) is 9.72. The zero-order valence-electron chi connectivity index (χ0n) is 7.92. The van der Waals surface area contributed by atoms with Crippen LogP contribution in [0.5, 0.6) is 0 Å². The van der Waals surface area contributed by atoms with Crippen molar-refractivity contribution in [3.63, 3.8) is 0 Å². The molecule has 0 radical (unpaired) electrons. The number of nitrogens with one attached hydrogen (secondary N) is 1. The van der Waals surface area contributed by atoms with Crippen LogP contribution >= 0.6 is 0 Å². The predicted molar refractivity (Wildman–Crippen MR) is 52.5 cm³/mol. The predicted octanol–water partition coefficient (Wildman–Crippen LogP) is 2.18. The smallest absolute Gasteiger partial charge is 0.00416 e. The highest BCUT2D eigenvalue weighted by molar-refractivity contribution is 5.53. The third-order valence-corrected chi connectivity index (χ3v) is 2.85. The molecule has 0 bridgehead atoms. The molecular weight excluding hydrogens is 148 g/mol. The second-order valence-corrected chi connectivity index (χ2v) is 4.22. The van der Waals surface area contributed by atoms with Gasteiger partial charge < -0.3 is 11.1 Å². The molecule has 70 valence electrons. The second-order valence-electron chi connectivity index (χ2n) is 4.22. The van der Waals surface area contributed by atoms with Gasteiger partial charge in [-0.3, -0.25) is 0 Å². The topological polar surface area (TPSA) is 49.9 Å². The van der Waals surface area contributed by atoms with Gasteiger partial charge in [0.2, 0.25) is 0 Å². The van der Waals surface area contributed by atoms with Crippen LogP contribution in [0.2, 0.25) is 0 Å². The fourth-order valence-corrected chi connectivity index (χ4v) is 2.19. The van der Waals surface area contributed by atoms with E-state index in [4.69, 9.17) is 11.1 Å². The first-order valence-corrected chi connectivity index (χ1v) is 4.97. The van der Waals surface area contributed by atoms with E-state index in [2.05, 4.69) is 6.92 Å². The van der Waals surface area contributed by atoms with Gasteiger partial charge in [0.25, 0.3) is 0 Å². The molecule has 0 heterocycles. The molecule has 0 amide bonds. The molecule has 1 saturated carbocycles. The van der Waals surface area contributed by atoms with E-state index in [1.165, 1.54) is 25.5 Å². The second kappa shape index (κ2) is 4.61. The van der Waals surface area contributed by atoms with Gasteiger partial charge in [-0.05, 0) is 50.2 Å². The molecule has 0 aliphatic heterocycles. The van der Waals surface area contributed by atoms with E-state index in [1.807, 2.05) is 0 Å². The van der Waals surface area contributed by atoms with Crippen molar-refractivity contribution < 1.29 is 0 Å². The van der Waals surface area contributed by atoms with Gasteiger partial charge in [-0.25, -0.2) is 0 Å². The van der Waals surface area contributed by atoms with Gasteiger partial charge >= 0.3 is 0 Å². The summed E-state index contributed by atoms with van der Waals surface area (Å²) in [6.45, 7) is 2.30. The lowest BCUT2D eigenvalue weighted by Gasteiger charge is -2.15. The summed E-state index contributed by atoms with van der Waals surface area (Å²) in [5.74, 6) is 1.48. The van der Waals surface area contributed by atoms with E-state index in [0.717, 1.165) is 18.8 Å². The summed E-state index contributed by atoms with van der Waals surface area (Å²) in [5, 5.41) is 7.08. The standard InChI is InChI=1S/C10H20N2/c1-8-2-3-10(12)7-9(6-8)4-5-11/h5,8-11H,2-4,6-7,12H2,1H3/t8?,9?,10-/m0/s1. The van der Waals surface area contributed by atoms with Crippen LogP contribution in [0, 0.1) is 17.2 Å². The Morgan fingerprint density at radius 2 is 2.17 bits per heavy atom. The molecule has 3 N–H and O–H groups in total. The lowest BCUT2D eigenvalue weighted by atomic mass is 9.92. The summed E-state index contributed by atoms with van der Waals surface area (Å²) in [4.78, 5) is 0. The van der Waals surface area contributed by atoms with Crippen LogP contribution in [-0.4, -0.2) is 12.3 Å². The van der Waals surface area contributed by atoms with Gasteiger partial charge in [-0.15, -0.1) is 0 Å². The molecule has 1 aliphatic rings. The first-order chi connectivity index (χ1) is 5.72. The average Bonchev–Trinajstić information content (AvgIpc) is 2.14. The number of hydrogen-bond donors (Lipinski definition) is 2. The molecule has 1 aliphatic carbocycles. The van der Waals surface area contributed by atoms with Gasteiger partial charge in [0.05, 0.1) is 0 Å². The molecule has 2 nitrogen and oxygen atoms in total.